The zero-order chi connectivity index (χ0) is 16.7. The van der Waals surface area contributed by atoms with Gasteiger partial charge in [0.05, 0.1) is 13.2 Å². The smallest absolute Gasteiger partial charge is 0.287 e. The first-order valence-corrected chi connectivity index (χ1v) is 7.00. The predicted octanol–water partition coefficient (Wildman–Crippen LogP) is 1.58. The molecule has 0 aliphatic heterocycles. The highest BCUT2D eigenvalue weighted by Gasteiger charge is 2.13. The number of carbonyl (C=O) groups excluding carboxylic acids is 2. The number of rotatable bonds is 7. The summed E-state index contributed by atoms with van der Waals surface area (Å²) in [6.07, 6.45) is 0. The third-order valence-corrected chi connectivity index (χ3v) is 3.00. The second-order valence-electron chi connectivity index (χ2n) is 4.70. The summed E-state index contributed by atoms with van der Waals surface area (Å²) in [5.41, 5.74) is 0.655. The van der Waals surface area contributed by atoms with Crippen LogP contribution >= 0.6 is 0 Å². The Bertz CT molecular complexity index is 667. The molecule has 6 nitrogen and oxygen atoms in total. The maximum Gasteiger partial charge on any atom is 0.287 e. The lowest BCUT2D eigenvalue weighted by Gasteiger charge is -2.05. The second kappa shape index (κ2) is 8.09. The van der Waals surface area contributed by atoms with Crippen molar-refractivity contribution in [2.45, 2.75) is 0 Å². The van der Waals surface area contributed by atoms with Crippen LogP contribution in [0.2, 0.25) is 0 Å². The lowest BCUT2D eigenvalue weighted by molar-refractivity contribution is -0.120. The summed E-state index contributed by atoms with van der Waals surface area (Å²) in [4.78, 5) is 23.4. The van der Waals surface area contributed by atoms with Crippen molar-refractivity contribution in [1.82, 2.24) is 10.6 Å². The van der Waals surface area contributed by atoms with Crippen LogP contribution in [0.25, 0.3) is 11.3 Å². The molecule has 2 aromatic rings. The van der Waals surface area contributed by atoms with Crippen LogP contribution in [0.3, 0.4) is 0 Å². The van der Waals surface area contributed by atoms with Crippen LogP contribution < -0.4 is 10.6 Å². The molecule has 2 N–H and O–H groups in total. The van der Waals surface area contributed by atoms with Crippen LogP contribution in [0.5, 0.6) is 0 Å². The highest BCUT2D eigenvalue weighted by molar-refractivity contribution is 5.94. The summed E-state index contributed by atoms with van der Waals surface area (Å²) < 4.78 is 23.1. The van der Waals surface area contributed by atoms with E-state index in [1.54, 1.807) is 18.2 Å². The third-order valence-electron chi connectivity index (χ3n) is 3.00. The lowest BCUT2D eigenvalue weighted by atomic mass is 10.2. The van der Waals surface area contributed by atoms with Gasteiger partial charge in [0.15, 0.2) is 5.76 Å². The number of benzene rings is 1. The topological polar surface area (TPSA) is 80.6 Å². The summed E-state index contributed by atoms with van der Waals surface area (Å²) in [7, 11) is 1.53. The minimum atomic E-state index is -0.500. The first-order valence-electron chi connectivity index (χ1n) is 7.00. The van der Waals surface area contributed by atoms with E-state index in [-0.39, 0.29) is 24.0 Å². The van der Waals surface area contributed by atoms with Gasteiger partial charge in [-0.15, -0.1) is 0 Å². The zero-order valence-electron chi connectivity index (χ0n) is 12.6. The summed E-state index contributed by atoms with van der Waals surface area (Å²) in [6, 6.07) is 8.83. The van der Waals surface area contributed by atoms with Gasteiger partial charge < -0.3 is 19.8 Å². The average molecular weight is 320 g/mol. The molecule has 0 bridgehead atoms. The largest absolute Gasteiger partial charge is 0.451 e. The Morgan fingerprint density at radius 2 is 1.87 bits per heavy atom. The van der Waals surface area contributed by atoms with Crippen LogP contribution in [0.4, 0.5) is 4.39 Å². The summed E-state index contributed by atoms with van der Waals surface area (Å²) in [5.74, 6) is -0.646. The van der Waals surface area contributed by atoms with Crippen LogP contribution in [0.1, 0.15) is 10.6 Å². The van der Waals surface area contributed by atoms with E-state index >= 15 is 0 Å². The van der Waals surface area contributed by atoms with Gasteiger partial charge in [-0.2, -0.15) is 0 Å². The number of methoxy groups -OCH3 is 1. The molecule has 1 aromatic heterocycles. The molecule has 2 amide bonds. The predicted molar refractivity (Wildman–Crippen MR) is 81.3 cm³/mol. The molecule has 23 heavy (non-hydrogen) atoms. The van der Waals surface area contributed by atoms with E-state index in [2.05, 4.69) is 10.6 Å². The standard InChI is InChI=1S/C16H17FN2O4/c1-22-9-8-18-15(20)10-19-16(21)14-7-6-13(23-14)11-2-4-12(17)5-3-11/h2-7H,8-10H2,1H3,(H,18,20)(H,19,21). The molecule has 0 saturated heterocycles. The van der Waals surface area contributed by atoms with Gasteiger partial charge in [-0.25, -0.2) is 4.39 Å². The van der Waals surface area contributed by atoms with E-state index < -0.39 is 5.91 Å². The zero-order valence-corrected chi connectivity index (χ0v) is 12.6. The minimum absolute atomic E-state index is 0.0778. The molecular formula is C16H17FN2O4. The number of carbonyl (C=O) groups is 2. The van der Waals surface area contributed by atoms with E-state index in [0.717, 1.165) is 0 Å². The van der Waals surface area contributed by atoms with Gasteiger partial charge in [0.25, 0.3) is 5.91 Å². The first kappa shape index (κ1) is 16.7. The van der Waals surface area contributed by atoms with E-state index in [1.807, 2.05) is 0 Å². The molecule has 2 rings (SSSR count). The van der Waals surface area contributed by atoms with Crippen molar-refractivity contribution in [3.63, 3.8) is 0 Å². The molecule has 0 spiro atoms. The molecule has 1 aromatic carbocycles. The van der Waals surface area contributed by atoms with Crippen molar-refractivity contribution in [3.05, 3.63) is 48.0 Å². The van der Waals surface area contributed by atoms with Crippen molar-refractivity contribution in [2.24, 2.45) is 0 Å². The Kier molecular flexibility index (Phi) is 5.87. The Morgan fingerprint density at radius 1 is 1.13 bits per heavy atom. The van der Waals surface area contributed by atoms with Gasteiger partial charge in [0, 0.05) is 19.2 Å². The highest BCUT2D eigenvalue weighted by atomic mass is 19.1. The molecule has 0 aliphatic carbocycles. The fraction of sp³-hybridized carbons (Fsp3) is 0.250. The molecular weight excluding hydrogens is 303 g/mol. The molecule has 7 heteroatoms. The van der Waals surface area contributed by atoms with Crippen LogP contribution in [0.15, 0.2) is 40.8 Å². The van der Waals surface area contributed by atoms with E-state index in [1.165, 1.54) is 25.3 Å². The van der Waals surface area contributed by atoms with E-state index in [0.29, 0.717) is 24.5 Å². The van der Waals surface area contributed by atoms with E-state index in [9.17, 15) is 14.0 Å². The normalized spacial score (nSPS) is 10.3. The summed E-state index contributed by atoms with van der Waals surface area (Å²) in [6.45, 7) is 0.620. The lowest BCUT2D eigenvalue weighted by Crippen LogP contribution is -2.38. The van der Waals surface area contributed by atoms with Crippen LogP contribution in [-0.4, -0.2) is 38.6 Å². The minimum Gasteiger partial charge on any atom is -0.451 e. The molecule has 1 heterocycles. The Hall–Kier alpha value is -2.67. The average Bonchev–Trinajstić information content (AvgIpc) is 3.03. The van der Waals surface area contributed by atoms with Gasteiger partial charge >= 0.3 is 0 Å². The molecule has 0 aliphatic rings. The van der Waals surface area contributed by atoms with Crippen molar-refractivity contribution >= 4 is 11.8 Å². The number of hydrogen-bond donors (Lipinski definition) is 2. The quantitative estimate of drug-likeness (QED) is 0.759. The third kappa shape index (κ3) is 4.93. The van der Waals surface area contributed by atoms with Gasteiger partial charge in [0.1, 0.15) is 11.6 Å². The van der Waals surface area contributed by atoms with Gasteiger partial charge in [-0.1, -0.05) is 0 Å². The number of furan rings is 1. The van der Waals surface area contributed by atoms with Crippen LogP contribution in [0, 0.1) is 5.82 Å². The maximum atomic E-state index is 12.9. The van der Waals surface area contributed by atoms with Gasteiger partial charge in [-0.05, 0) is 36.4 Å². The molecule has 122 valence electrons. The van der Waals surface area contributed by atoms with E-state index in [4.69, 9.17) is 9.15 Å². The number of halogens is 1. The fourth-order valence-electron chi connectivity index (χ4n) is 1.83. The molecule has 0 unspecified atom stereocenters. The maximum absolute atomic E-state index is 12.9. The fourth-order valence-corrected chi connectivity index (χ4v) is 1.83. The van der Waals surface area contributed by atoms with Crippen molar-refractivity contribution in [2.75, 3.05) is 26.8 Å². The number of nitrogens with one attached hydrogen (secondary N) is 2. The van der Waals surface area contributed by atoms with Crippen molar-refractivity contribution < 1.29 is 23.1 Å². The Balaban J connectivity index is 1.88. The molecule has 0 radical (unpaired) electrons. The van der Waals surface area contributed by atoms with Crippen molar-refractivity contribution in [3.8, 4) is 11.3 Å². The second-order valence-corrected chi connectivity index (χ2v) is 4.70. The Morgan fingerprint density at radius 3 is 2.57 bits per heavy atom. The molecule has 0 atom stereocenters. The number of amides is 2. The Labute approximate surface area is 132 Å². The van der Waals surface area contributed by atoms with Gasteiger partial charge in [0.2, 0.25) is 5.91 Å². The molecule has 0 saturated carbocycles. The van der Waals surface area contributed by atoms with Gasteiger partial charge in [-0.3, -0.25) is 9.59 Å². The highest BCUT2D eigenvalue weighted by Crippen LogP contribution is 2.22. The summed E-state index contributed by atoms with van der Waals surface area (Å²) in [5, 5.41) is 5.04. The molecule has 0 fully saturated rings. The van der Waals surface area contributed by atoms with Crippen LogP contribution in [-0.2, 0) is 9.53 Å². The number of ether oxygens (including phenoxy) is 1. The first-order chi connectivity index (χ1) is 11.1. The summed E-state index contributed by atoms with van der Waals surface area (Å²) >= 11 is 0. The number of hydrogen-bond acceptors (Lipinski definition) is 4. The van der Waals surface area contributed by atoms with Crippen molar-refractivity contribution in [1.29, 1.82) is 0 Å². The monoisotopic (exact) mass is 320 g/mol. The SMILES string of the molecule is COCCNC(=O)CNC(=O)c1ccc(-c2ccc(F)cc2)o1.